The quantitative estimate of drug-likeness (QED) is 0.454. The molecule has 0 bridgehead atoms. The van der Waals surface area contributed by atoms with Gasteiger partial charge in [-0.05, 0) is 18.2 Å². The van der Waals surface area contributed by atoms with E-state index in [0.717, 1.165) is 16.4 Å². The summed E-state index contributed by atoms with van der Waals surface area (Å²) in [5, 5.41) is 6.43. The van der Waals surface area contributed by atoms with E-state index in [1.165, 1.54) is 0 Å². The number of carbonyl (C=O) groups is 1. The predicted molar refractivity (Wildman–Crippen MR) is 123 cm³/mol. The molecule has 1 aromatic carbocycles. The maximum Gasteiger partial charge on any atom is 0.277 e. The van der Waals surface area contributed by atoms with Gasteiger partial charge < -0.3 is 19.9 Å². The van der Waals surface area contributed by atoms with Crippen LogP contribution in [-0.2, 0) is 6.54 Å². The summed E-state index contributed by atoms with van der Waals surface area (Å²) in [6.07, 6.45) is 0.939. The van der Waals surface area contributed by atoms with E-state index in [1.54, 1.807) is 25.2 Å². The number of hydrogen-bond acceptors (Lipinski definition) is 7. The molecule has 1 amide bonds. The van der Waals surface area contributed by atoms with E-state index in [9.17, 15) is 14.0 Å². The Kier molecular flexibility index (Phi) is 4.92. The number of benzene rings is 1. The Morgan fingerprint density at radius 2 is 2.11 bits per heavy atom. The van der Waals surface area contributed by atoms with Crippen LogP contribution in [0.3, 0.4) is 0 Å². The van der Waals surface area contributed by atoms with Crippen molar-refractivity contribution >= 4 is 28.1 Å². The lowest BCUT2D eigenvalue weighted by atomic mass is 10.1. The first-order chi connectivity index (χ1) is 16.9. The number of nitrogens with one attached hydrogen (secondary N) is 2. The van der Waals surface area contributed by atoms with E-state index < -0.39 is 17.2 Å². The molecule has 0 radical (unpaired) electrons. The average molecular weight is 481 g/mol. The van der Waals surface area contributed by atoms with Gasteiger partial charge in [0.1, 0.15) is 23.5 Å². The van der Waals surface area contributed by atoms with E-state index >= 15 is 4.39 Å². The Labute approximate surface area is 197 Å². The summed E-state index contributed by atoms with van der Waals surface area (Å²) in [4.78, 5) is 35.3. The van der Waals surface area contributed by atoms with Gasteiger partial charge in [0.2, 0.25) is 5.88 Å². The van der Waals surface area contributed by atoms with Gasteiger partial charge >= 0.3 is 0 Å². The fourth-order valence-corrected chi connectivity index (χ4v) is 4.87. The van der Waals surface area contributed by atoms with Gasteiger partial charge in [0.05, 0.1) is 17.8 Å². The molecule has 0 aliphatic carbocycles. The lowest BCUT2D eigenvalue weighted by Crippen LogP contribution is -2.57. The Hall–Kier alpha value is -4.06. The first kappa shape index (κ1) is 21.5. The Morgan fingerprint density at radius 1 is 1.26 bits per heavy atom. The molecule has 2 aliphatic rings. The number of halogens is 2. The molecule has 5 heterocycles. The summed E-state index contributed by atoms with van der Waals surface area (Å²) in [5.74, 6) is -1.16. The van der Waals surface area contributed by atoms with Crippen molar-refractivity contribution in [2.75, 3.05) is 38.2 Å². The SMILES string of the molecule is CNC(=O)c1ccc2c(n1)OC[C@H]1CN(Cc3ccc4c([nH]c(=O)c5c(F)cnn54)c3F)CCN21. The maximum atomic E-state index is 15.4. The average Bonchev–Trinajstić information content (AvgIpc) is 3.27. The first-order valence-corrected chi connectivity index (χ1v) is 11.2. The number of pyridine rings is 1. The third-order valence-corrected chi connectivity index (χ3v) is 6.59. The zero-order valence-electron chi connectivity index (χ0n) is 18.7. The van der Waals surface area contributed by atoms with Crippen LogP contribution in [0.1, 0.15) is 16.1 Å². The lowest BCUT2D eigenvalue weighted by molar-refractivity contribution is 0.0956. The number of rotatable bonds is 3. The van der Waals surface area contributed by atoms with Crippen molar-refractivity contribution in [2.24, 2.45) is 0 Å². The van der Waals surface area contributed by atoms with E-state index in [2.05, 4.69) is 30.2 Å². The highest BCUT2D eigenvalue weighted by Gasteiger charge is 2.34. The monoisotopic (exact) mass is 481 g/mol. The van der Waals surface area contributed by atoms with Crippen LogP contribution in [0, 0.1) is 11.6 Å². The molecular weight excluding hydrogens is 460 g/mol. The zero-order valence-corrected chi connectivity index (χ0v) is 18.7. The van der Waals surface area contributed by atoms with Gasteiger partial charge in [-0.25, -0.2) is 18.3 Å². The number of hydrogen-bond donors (Lipinski definition) is 2. The van der Waals surface area contributed by atoms with Crippen molar-refractivity contribution in [1.29, 1.82) is 0 Å². The van der Waals surface area contributed by atoms with Crippen molar-refractivity contribution in [2.45, 2.75) is 12.6 Å². The lowest BCUT2D eigenvalue weighted by Gasteiger charge is -2.45. The fourth-order valence-electron chi connectivity index (χ4n) is 4.87. The molecule has 3 aromatic heterocycles. The van der Waals surface area contributed by atoms with Gasteiger partial charge in [-0.15, -0.1) is 0 Å². The van der Waals surface area contributed by atoms with E-state index in [1.807, 2.05) is 6.07 Å². The molecular formula is C23H21F2N7O3. The number of piperazine rings is 1. The second kappa shape index (κ2) is 8.01. The molecule has 0 saturated carbocycles. The molecule has 0 spiro atoms. The Balaban J connectivity index is 1.24. The maximum absolute atomic E-state index is 15.4. The smallest absolute Gasteiger partial charge is 0.277 e. The normalized spacial score (nSPS) is 17.8. The standard InChI is InChI=1S/C23H21F2N7O3/c1-26-21(33)15-3-5-17-23(28-15)35-11-13-10-30(6-7-31(13)17)9-12-2-4-16-19(18(12)25)29-22(34)20-14(24)8-27-32(16)20/h2-5,8,13H,6-7,9-11H2,1H3,(H,26,33)(H,29,34)/t13-/m1/s1. The number of nitrogens with zero attached hydrogens (tertiary/aromatic N) is 5. The van der Waals surface area contributed by atoms with Crippen molar-refractivity contribution in [3.63, 3.8) is 0 Å². The molecule has 12 heteroatoms. The van der Waals surface area contributed by atoms with Crippen LogP contribution in [0.25, 0.3) is 16.6 Å². The number of H-pyrrole nitrogens is 1. The molecule has 180 valence electrons. The summed E-state index contributed by atoms with van der Waals surface area (Å²) in [7, 11) is 1.55. The van der Waals surface area contributed by atoms with E-state index in [-0.39, 0.29) is 28.5 Å². The largest absolute Gasteiger partial charge is 0.474 e. The molecule has 2 N–H and O–H groups in total. The number of carbonyl (C=O) groups excluding carboxylic acids is 1. The van der Waals surface area contributed by atoms with Crippen molar-refractivity contribution in [3.8, 4) is 5.88 Å². The fraction of sp³-hybridized carbons (Fsp3) is 0.304. The first-order valence-electron chi connectivity index (χ1n) is 11.2. The molecule has 4 aromatic rings. The molecule has 10 nitrogen and oxygen atoms in total. The molecule has 0 unspecified atom stereocenters. The minimum absolute atomic E-state index is 0.00495. The second-order valence-corrected chi connectivity index (χ2v) is 8.63. The molecule has 2 aliphatic heterocycles. The third kappa shape index (κ3) is 3.40. The van der Waals surface area contributed by atoms with Crippen LogP contribution in [-0.4, -0.2) is 69.7 Å². The van der Waals surface area contributed by atoms with Crippen LogP contribution < -0.4 is 20.5 Å². The molecule has 1 atom stereocenters. The summed E-state index contributed by atoms with van der Waals surface area (Å²) in [6.45, 7) is 2.71. The predicted octanol–water partition coefficient (Wildman–Crippen LogP) is 1.29. The Morgan fingerprint density at radius 3 is 2.94 bits per heavy atom. The van der Waals surface area contributed by atoms with Gasteiger partial charge in [-0.3, -0.25) is 14.5 Å². The zero-order chi connectivity index (χ0) is 24.3. The van der Waals surface area contributed by atoms with Crippen molar-refractivity contribution in [1.82, 2.24) is 29.8 Å². The van der Waals surface area contributed by atoms with Crippen molar-refractivity contribution in [3.05, 3.63) is 63.7 Å². The third-order valence-electron chi connectivity index (χ3n) is 6.59. The topological polar surface area (TPSA) is 108 Å². The highest BCUT2D eigenvalue weighted by Crippen LogP contribution is 2.34. The van der Waals surface area contributed by atoms with Gasteiger partial charge in [0.25, 0.3) is 11.5 Å². The van der Waals surface area contributed by atoms with Crippen LogP contribution in [0.5, 0.6) is 5.88 Å². The minimum Gasteiger partial charge on any atom is -0.474 e. The van der Waals surface area contributed by atoms with Gasteiger partial charge in [-0.2, -0.15) is 5.10 Å². The second-order valence-electron chi connectivity index (χ2n) is 8.63. The highest BCUT2D eigenvalue weighted by atomic mass is 19.1. The van der Waals surface area contributed by atoms with Gasteiger partial charge in [0, 0.05) is 38.8 Å². The number of fused-ring (bicyclic) bond motifs is 6. The van der Waals surface area contributed by atoms with Crippen LogP contribution in [0.4, 0.5) is 14.5 Å². The van der Waals surface area contributed by atoms with Crippen LogP contribution in [0.15, 0.2) is 35.3 Å². The number of amides is 1. The molecule has 35 heavy (non-hydrogen) atoms. The number of aromatic nitrogens is 4. The molecule has 1 saturated heterocycles. The number of aromatic amines is 1. The highest BCUT2D eigenvalue weighted by molar-refractivity contribution is 5.92. The molecule has 6 rings (SSSR count). The van der Waals surface area contributed by atoms with E-state index in [4.69, 9.17) is 4.74 Å². The van der Waals surface area contributed by atoms with Crippen molar-refractivity contribution < 1.29 is 18.3 Å². The minimum atomic E-state index is -0.758. The van der Waals surface area contributed by atoms with E-state index in [0.29, 0.717) is 49.9 Å². The van der Waals surface area contributed by atoms with Gasteiger partial charge in [0.15, 0.2) is 17.2 Å². The Bertz CT molecular complexity index is 1550. The van der Waals surface area contributed by atoms with Gasteiger partial charge in [-0.1, -0.05) is 6.07 Å². The van der Waals surface area contributed by atoms with Crippen LogP contribution in [0.2, 0.25) is 0 Å². The summed E-state index contributed by atoms with van der Waals surface area (Å²) < 4.78 is 36.2. The van der Waals surface area contributed by atoms with Crippen LogP contribution >= 0.6 is 0 Å². The summed E-state index contributed by atoms with van der Waals surface area (Å²) in [6, 6.07) is 6.82. The number of ether oxygens (including phenoxy) is 1. The summed E-state index contributed by atoms with van der Waals surface area (Å²) in [5.41, 5.74) is 0.855. The summed E-state index contributed by atoms with van der Waals surface area (Å²) >= 11 is 0. The molecule has 1 fully saturated rings. The number of anilines is 1.